The van der Waals surface area contributed by atoms with Crippen molar-refractivity contribution in [1.29, 1.82) is 0 Å². The monoisotopic (exact) mass is 262 g/mol. The van der Waals surface area contributed by atoms with Gasteiger partial charge in [-0.25, -0.2) is 0 Å². The van der Waals surface area contributed by atoms with Gasteiger partial charge < -0.3 is 10.6 Å². The van der Waals surface area contributed by atoms with Crippen LogP contribution in [0.3, 0.4) is 0 Å². The van der Waals surface area contributed by atoms with Gasteiger partial charge in [-0.05, 0) is 31.0 Å². The number of amides is 1. The van der Waals surface area contributed by atoms with Gasteiger partial charge >= 0.3 is 0 Å². The lowest BCUT2D eigenvalue weighted by Crippen LogP contribution is -2.34. The van der Waals surface area contributed by atoms with Crippen LogP contribution in [0.4, 0.5) is 5.69 Å². The molecule has 19 heavy (non-hydrogen) atoms. The number of unbranched alkanes of at least 4 members (excludes halogenated alkanes) is 1. The molecule has 0 fully saturated rings. The normalized spacial score (nSPS) is 12.2. The molecule has 106 valence electrons. The molecule has 0 aliphatic heterocycles. The molecule has 1 amide bonds. The minimum Gasteiger partial charge on any atom is -0.330 e. The lowest BCUT2D eigenvalue weighted by Gasteiger charge is -2.24. The summed E-state index contributed by atoms with van der Waals surface area (Å²) in [6, 6.07) is 9.91. The molecule has 3 heteroatoms. The minimum atomic E-state index is 0.192. The van der Waals surface area contributed by atoms with E-state index in [0.29, 0.717) is 18.9 Å². The minimum absolute atomic E-state index is 0.192. The van der Waals surface area contributed by atoms with Gasteiger partial charge in [-0.3, -0.25) is 4.79 Å². The Kier molecular flexibility index (Phi) is 7.19. The standard InChI is InChI=1S/C16H26N2O/c1-3-5-11-18(15-9-7-6-8-10-15)16(19)12-14(4-2)13-17/h6-10,14H,3-5,11-13,17H2,1-2H3. The number of benzene rings is 1. The Morgan fingerprint density at radius 3 is 2.47 bits per heavy atom. The number of para-hydroxylation sites is 1. The van der Waals surface area contributed by atoms with Crippen molar-refractivity contribution in [3.63, 3.8) is 0 Å². The number of nitrogens with two attached hydrogens (primary N) is 1. The van der Waals surface area contributed by atoms with Gasteiger partial charge in [-0.1, -0.05) is 44.9 Å². The third-order valence-electron chi connectivity index (χ3n) is 3.48. The van der Waals surface area contributed by atoms with E-state index in [1.807, 2.05) is 35.2 Å². The fourth-order valence-electron chi connectivity index (χ4n) is 2.07. The fourth-order valence-corrected chi connectivity index (χ4v) is 2.07. The number of rotatable bonds is 8. The first-order chi connectivity index (χ1) is 9.22. The first-order valence-corrected chi connectivity index (χ1v) is 7.28. The lowest BCUT2D eigenvalue weighted by atomic mass is 10.0. The van der Waals surface area contributed by atoms with Crippen LogP contribution in [0.5, 0.6) is 0 Å². The summed E-state index contributed by atoms with van der Waals surface area (Å²) < 4.78 is 0. The Morgan fingerprint density at radius 1 is 1.26 bits per heavy atom. The van der Waals surface area contributed by atoms with E-state index in [4.69, 9.17) is 5.73 Å². The summed E-state index contributed by atoms with van der Waals surface area (Å²) in [5.74, 6) is 0.484. The molecule has 0 saturated heterocycles. The van der Waals surface area contributed by atoms with Gasteiger partial charge in [0.05, 0.1) is 0 Å². The highest BCUT2D eigenvalue weighted by molar-refractivity contribution is 5.93. The average molecular weight is 262 g/mol. The van der Waals surface area contributed by atoms with Crippen molar-refractivity contribution in [2.45, 2.75) is 39.5 Å². The Labute approximate surface area is 116 Å². The van der Waals surface area contributed by atoms with Crippen LogP contribution in [-0.4, -0.2) is 19.0 Å². The second-order valence-corrected chi connectivity index (χ2v) is 4.95. The summed E-state index contributed by atoms with van der Waals surface area (Å²) in [7, 11) is 0. The summed E-state index contributed by atoms with van der Waals surface area (Å²) >= 11 is 0. The van der Waals surface area contributed by atoms with Crippen LogP contribution in [0, 0.1) is 5.92 Å². The zero-order valence-electron chi connectivity index (χ0n) is 12.1. The summed E-state index contributed by atoms with van der Waals surface area (Å²) in [6.07, 6.45) is 3.62. The van der Waals surface area contributed by atoms with E-state index in [0.717, 1.165) is 31.5 Å². The van der Waals surface area contributed by atoms with E-state index in [1.165, 1.54) is 0 Å². The van der Waals surface area contributed by atoms with E-state index in [1.54, 1.807) is 0 Å². The molecule has 0 aliphatic rings. The van der Waals surface area contributed by atoms with Crippen LogP contribution >= 0.6 is 0 Å². The van der Waals surface area contributed by atoms with Crippen molar-refractivity contribution in [1.82, 2.24) is 0 Å². The van der Waals surface area contributed by atoms with Crippen LogP contribution < -0.4 is 10.6 Å². The third-order valence-corrected chi connectivity index (χ3v) is 3.48. The largest absolute Gasteiger partial charge is 0.330 e. The Balaban J connectivity index is 2.76. The van der Waals surface area contributed by atoms with Gasteiger partial charge in [0.25, 0.3) is 0 Å². The Hall–Kier alpha value is -1.35. The molecule has 0 spiro atoms. The van der Waals surface area contributed by atoms with Crippen LogP contribution in [0.25, 0.3) is 0 Å². The fraction of sp³-hybridized carbons (Fsp3) is 0.562. The second kappa shape index (κ2) is 8.70. The van der Waals surface area contributed by atoms with Crippen LogP contribution in [0.1, 0.15) is 39.5 Å². The summed E-state index contributed by atoms with van der Waals surface area (Å²) in [4.78, 5) is 14.4. The van der Waals surface area contributed by atoms with Crippen molar-refractivity contribution in [2.24, 2.45) is 11.7 Å². The van der Waals surface area contributed by atoms with Gasteiger partial charge in [0.15, 0.2) is 0 Å². The molecule has 0 aliphatic carbocycles. The summed E-state index contributed by atoms with van der Waals surface area (Å²) in [5, 5.41) is 0. The maximum atomic E-state index is 12.4. The van der Waals surface area contributed by atoms with Crippen molar-refractivity contribution < 1.29 is 4.79 Å². The topological polar surface area (TPSA) is 46.3 Å². The van der Waals surface area contributed by atoms with E-state index in [9.17, 15) is 4.79 Å². The Bertz CT molecular complexity index is 360. The highest BCUT2D eigenvalue weighted by Gasteiger charge is 2.18. The molecule has 1 unspecified atom stereocenters. The average Bonchev–Trinajstić information content (AvgIpc) is 2.46. The molecule has 1 aromatic carbocycles. The molecule has 0 heterocycles. The van der Waals surface area contributed by atoms with Crippen molar-refractivity contribution >= 4 is 11.6 Å². The van der Waals surface area contributed by atoms with E-state index < -0.39 is 0 Å². The van der Waals surface area contributed by atoms with Crippen LogP contribution in [0.15, 0.2) is 30.3 Å². The predicted molar refractivity (Wildman–Crippen MR) is 81.2 cm³/mol. The highest BCUT2D eigenvalue weighted by Crippen LogP contribution is 2.18. The molecule has 0 bridgehead atoms. The molecule has 0 saturated carbocycles. The van der Waals surface area contributed by atoms with Crippen molar-refractivity contribution in [2.75, 3.05) is 18.0 Å². The zero-order chi connectivity index (χ0) is 14.1. The summed E-state index contributed by atoms with van der Waals surface area (Å²) in [5.41, 5.74) is 6.69. The molecular weight excluding hydrogens is 236 g/mol. The third kappa shape index (κ3) is 5.03. The number of hydrogen-bond donors (Lipinski definition) is 1. The molecule has 2 N–H and O–H groups in total. The smallest absolute Gasteiger partial charge is 0.227 e. The number of hydrogen-bond acceptors (Lipinski definition) is 2. The Morgan fingerprint density at radius 2 is 1.95 bits per heavy atom. The number of carbonyl (C=O) groups excluding carboxylic acids is 1. The van der Waals surface area contributed by atoms with E-state index in [-0.39, 0.29) is 5.91 Å². The predicted octanol–water partition coefficient (Wildman–Crippen LogP) is 3.19. The van der Waals surface area contributed by atoms with Crippen molar-refractivity contribution in [3.8, 4) is 0 Å². The quantitative estimate of drug-likeness (QED) is 0.782. The number of anilines is 1. The zero-order valence-corrected chi connectivity index (χ0v) is 12.1. The maximum absolute atomic E-state index is 12.4. The van der Waals surface area contributed by atoms with Gasteiger partial charge in [0.1, 0.15) is 0 Å². The van der Waals surface area contributed by atoms with Gasteiger partial charge in [0, 0.05) is 18.7 Å². The first-order valence-electron chi connectivity index (χ1n) is 7.28. The molecule has 0 aromatic heterocycles. The van der Waals surface area contributed by atoms with Gasteiger partial charge in [0.2, 0.25) is 5.91 Å². The molecular formula is C16H26N2O. The number of nitrogens with zero attached hydrogens (tertiary/aromatic N) is 1. The highest BCUT2D eigenvalue weighted by atomic mass is 16.2. The number of carbonyl (C=O) groups is 1. The molecule has 1 rings (SSSR count). The molecule has 1 atom stereocenters. The van der Waals surface area contributed by atoms with Crippen LogP contribution in [0.2, 0.25) is 0 Å². The van der Waals surface area contributed by atoms with Gasteiger partial charge in [-0.15, -0.1) is 0 Å². The first kappa shape index (κ1) is 15.7. The van der Waals surface area contributed by atoms with E-state index in [2.05, 4.69) is 13.8 Å². The second-order valence-electron chi connectivity index (χ2n) is 4.95. The van der Waals surface area contributed by atoms with Gasteiger partial charge in [-0.2, -0.15) is 0 Å². The molecule has 0 radical (unpaired) electrons. The van der Waals surface area contributed by atoms with E-state index >= 15 is 0 Å². The molecule has 1 aromatic rings. The maximum Gasteiger partial charge on any atom is 0.227 e. The van der Waals surface area contributed by atoms with Crippen molar-refractivity contribution in [3.05, 3.63) is 30.3 Å². The summed E-state index contributed by atoms with van der Waals surface area (Å²) in [6.45, 7) is 5.60. The lowest BCUT2D eigenvalue weighted by molar-refractivity contribution is -0.119. The van der Waals surface area contributed by atoms with Crippen LogP contribution in [-0.2, 0) is 4.79 Å². The molecule has 3 nitrogen and oxygen atoms in total. The SMILES string of the molecule is CCCCN(C(=O)CC(CC)CN)c1ccccc1.